The van der Waals surface area contributed by atoms with Crippen LogP contribution in [0.5, 0.6) is 17.2 Å². The lowest BCUT2D eigenvalue weighted by molar-refractivity contribution is 0.0721. The molecule has 0 atom stereocenters. The van der Waals surface area contributed by atoms with Gasteiger partial charge in [0.15, 0.2) is 0 Å². The molecule has 1 aliphatic heterocycles. The Labute approximate surface area is 146 Å². The summed E-state index contributed by atoms with van der Waals surface area (Å²) in [5, 5.41) is 32.5. The Balaban J connectivity index is 1.74. The van der Waals surface area contributed by atoms with Crippen LogP contribution in [0.25, 0.3) is 0 Å². The molecule has 0 unspecified atom stereocenters. The molecule has 1 aliphatic rings. The normalized spacial score (nSPS) is 14.3. The average Bonchev–Trinajstić information content (AvgIpc) is 2.63. The van der Waals surface area contributed by atoms with E-state index in [9.17, 15) is 20.1 Å². The smallest absolute Gasteiger partial charge is 0.257 e. The molecule has 132 valence electrons. The van der Waals surface area contributed by atoms with Crippen LogP contribution in [0.3, 0.4) is 0 Å². The molecule has 0 spiro atoms. The predicted octanol–water partition coefficient (Wildman–Crippen LogP) is 3.04. The molecule has 4 N–H and O–H groups in total. The maximum absolute atomic E-state index is 12.6. The second-order valence-corrected chi connectivity index (χ2v) is 6.25. The third-order valence-corrected chi connectivity index (χ3v) is 4.42. The van der Waals surface area contributed by atoms with E-state index in [1.165, 1.54) is 24.3 Å². The van der Waals surface area contributed by atoms with E-state index in [0.29, 0.717) is 24.3 Å². The summed E-state index contributed by atoms with van der Waals surface area (Å²) in [4.78, 5) is 14.4. The molecule has 2 aromatic rings. The number of benzene rings is 2. The number of hydrogen-bond donors (Lipinski definition) is 4. The van der Waals surface area contributed by atoms with Crippen molar-refractivity contribution in [2.45, 2.75) is 25.8 Å². The summed E-state index contributed by atoms with van der Waals surface area (Å²) in [6.07, 6.45) is 3.10. The van der Waals surface area contributed by atoms with Crippen molar-refractivity contribution < 1.29 is 20.1 Å². The average molecular weight is 342 g/mol. The van der Waals surface area contributed by atoms with Crippen LogP contribution in [0, 0.1) is 0 Å². The van der Waals surface area contributed by atoms with Gasteiger partial charge in [0.2, 0.25) is 0 Å². The molecular formula is C19H22N2O4. The molecule has 6 heteroatoms. The number of phenols is 3. The molecule has 1 amide bonds. The van der Waals surface area contributed by atoms with Crippen molar-refractivity contribution in [3.63, 3.8) is 0 Å². The summed E-state index contributed by atoms with van der Waals surface area (Å²) in [5.74, 6) is -0.0580. The summed E-state index contributed by atoms with van der Waals surface area (Å²) in [7, 11) is 0. The Morgan fingerprint density at radius 3 is 2.44 bits per heavy atom. The quantitative estimate of drug-likeness (QED) is 0.641. The van der Waals surface area contributed by atoms with Crippen molar-refractivity contribution in [2.24, 2.45) is 0 Å². The third kappa shape index (κ3) is 3.96. The number of carbonyl (C=O) groups excluding carboxylic acids is 1. The second-order valence-electron chi connectivity index (χ2n) is 6.25. The van der Waals surface area contributed by atoms with Crippen LogP contribution in [0.1, 0.15) is 35.2 Å². The lowest BCUT2D eigenvalue weighted by atomic mass is 10.1. The van der Waals surface area contributed by atoms with E-state index < -0.39 is 0 Å². The van der Waals surface area contributed by atoms with Crippen molar-refractivity contribution in [1.29, 1.82) is 0 Å². The predicted molar refractivity (Wildman–Crippen MR) is 95.0 cm³/mol. The van der Waals surface area contributed by atoms with Crippen LogP contribution >= 0.6 is 0 Å². The number of phenolic OH excluding ortho intramolecular Hbond substituents is 3. The summed E-state index contributed by atoms with van der Waals surface area (Å²) in [6, 6.07) is 9.09. The van der Waals surface area contributed by atoms with Crippen molar-refractivity contribution in [3.8, 4) is 17.2 Å². The first-order valence-electron chi connectivity index (χ1n) is 8.41. The van der Waals surface area contributed by atoms with Crippen LogP contribution in [0.4, 0.5) is 5.69 Å². The highest BCUT2D eigenvalue weighted by Gasteiger charge is 2.21. The number of hydrogen-bond acceptors (Lipinski definition) is 5. The maximum atomic E-state index is 12.6. The Hall–Kier alpha value is -2.89. The fourth-order valence-electron chi connectivity index (χ4n) is 3.00. The first kappa shape index (κ1) is 17.0. The molecule has 6 nitrogen and oxygen atoms in total. The topological polar surface area (TPSA) is 93.0 Å². The van der Waals surface area contributed by atoms with Gasteiger partial charge in [0.25, 0.3) is 5.91 Å². The van der Waals surface area contributed by atoms with Gasteiger partial charge < -0.3 is 25.5 Å². The third-order valence-electron chi connectivity index (χ3n) is 4.42. The minimum absolute atomic E-state index is 0.0404. The van der Waals surface area contributed by atoms with E-state index in [-0.39, 0.29) is 35.3 Å². The van der Waals surface area contributed by atoms with Crippen LogP contribution in [-0.2, 0) is 6.54 Å². The van der Waals surface area contributed by atoms with Crippen LogP contribution in [0.15, 0.2) is 36.4 Å². The molecule has 25 heavy (non-hydrogen) atoms. The minimum atomic E-state index is -0.166. The highest BCUT2D eigenvalue weighted by atomic mass is 16.3. The SMILES string of the molecule is O=C(c1cc(NCc2cc(O)ccc2O)ccc1O)N1CCCCC1. The summed E-state index contributed by atoms with van der Waals surface area (Å²) >= 11 is 0. The van der Waals surface area contributed by atoms with Gasteiger partial charge in [0.1, 0.15) is 17.2 Å². The number of aromatic hydroxyl groups is 3. The van der Waals surface area contributed by atoms with Crippen molar-refractivity contribution in [2.75, 3.05) is 18.4 Å². The molecule has 0 aliphatic carbocycles. The minimum Gasteiger partial charge on any atom is -0.508 e. The molecule has 0 bridgehead atoms. The number of amides is 1. The Bertz CT molecular complexity index is 770. The Kier molecular flexibility index (Phi) is 4.97. The van der Waals surface area contributed by atoms with Crippen LogP contribution in [-0.4, -0.2) is 39.2 Å². The van der Waals surface area contributed by atoms with Gasteiger partial charge in [-0.05, 0) is 55.7 Å². The number of rotatable bonds is 4. The zero-order valence-electron chi connectivity index (χ0n) is 13.9. The van der Waals surface area contributed by atoms with E-state index in [2.05, 4.69) is 5.32 Å². The molecule has 2 aromatic carbocycles. The highest BCUT2D eigenvalue weighted by Crippen LogP contribution is 2.26. The van der Waals surface area contributed by atoms with E-state index in [1.807, 2.05) is 0 Å². The van der Waals surface area contributed by atoms with Gasteiger partial charge in [0.05, 0.1) is 5.56 Å². The fourth-order valence-corrected chi connectivity index (χ4v) is 3.00. The number of nitrogens with one attached hydrogen (secondary N) is 1. The van der Waals surface area contributed by atoms with E-state index in [0.717, 1.165) is 19.3 Å². The van der Waals surface area contributed by atoms with Crippen LogP contribution < -0.4 is 5.32 Å². The van der Waals surface area contributed by atoms with Gasteiger partial charge in [-0.15, -0.1) is 0 Å². The fraction of sp³-hybridized carbons (Fsp3) is 0.316. The standard InChI is InChI=1S/C19H22N2O4/c22-15-5-7-17(23)13(10-15)12-20-14-4-6-18(24)16(11-14)19(25)21-8-2-1-3-9-21/h4-7,10-11,20,22-24H,1-3,8-9,12H2. The van der Waals surface area contributed by atoms with Gasteiger partial charge in [0, 0.05) is 30.9 Å². The lowest BCUT2D eigenvalue weighted by Crippen LogP contribution is -2.35. The molecule has 0 aromatic heterocycles. The highest BCUT2D eigenvalue weighted by molar-refractivity contribution is 5.97. The zero-order chi connectivity index (χ0) is 17.8. The number of likely N-dealkylation sites (tertiary alicyclic amines) is 1. The van der Waals surface area contributed by atoms with E-state index >= 15 is 0 Å². The number of anilines is 1. The largest absolute Gasteiger partial charge is 0.508 e. The Morgan fingerprint density at radius 2 is 1.68 bits per heavy atom. The molecule has 0 saturated carbocycles. The second kappa shape index (κ2) is 7.34. The first-order chi connectivity index (χ1) is 12.0. The van der Waals surface area contributed by atoms with Crippen LogP contribution in [0.2, 0.25) is 0 Å². The number of carbonyl (C=O) groups is 1. The monoisotopic (exact) mass is 342 g/mol. The van der Waals surface area contributed by atoms with Gasteiger partial charge >= 0.3 is 0 Å². The molecule has 1 heterocycles. The Morgan fingerprint density at radius 1 is 0.960 bits per heavy atom. The summed E-state index contributed by atoms with van der Waals surface area (Å²) < 4.78 is 0. The molecule has 3 rings (SSSR count). The van der Waals surface area contributed by atoms with Gasteiger partial charge in [-0.3, -0.25) is 4.79 Å². The molecular weight excluding hydrogens is 320 g/mol. The van der Waals surface area contributed by atoms with E-state index in [4.69, 9.17) is 0 Å². The van der Waals surface area contributed by atoms with Gasteiger partial charge in [-0.1, -0.05) is 0 Å². The summed E-state index contributed by atoms with van der Waals surface area (Å²) in [5.41, 5.74) is 1.46. The molecule has 0 radical (unpaired) electrons. The number of nitrogens with zero attached hydrogens (tertiary/aromatic N) is 1. The van der Waals surface area contributed by atoms with Crippen molar-refractivity contribution in [1.82, 2.24) is 4.90 Å². The van der Waals surface area contributed by atoms with Crippen molar-refractivity contribution in [3.05, 3.63) is 47.5 Å². The first-order valence-corrected chi connectivity index (χ1v) is 8.41. The number of piperidine rings is 1. The summed E-state index contributed by atoms with van der Waals surface area (Å²) in [6.45, 7) is 1.71. The van der Waals surface area contributed by atoms with E-state index in [1.54, 1.807) is 17.0 Å². The van der Waals surface area contributed by atoms with Crippen molar-refractivity contribution >= 4 is 11.6 Å². The lowest BCUT2D eigenvalue weighted by Gasteiger charge is -2.27. The van der Waals surface area contributed by atoms with Gasteiger partial charge in [-0.2, -0.15) is 0 Å². The molecule has 1 fully saturated rings. The van der Waals surface area contributed by atoms with Gasteiger partial charge in [-0.25, -0.2) is 0 Å². The molecule has 1 saturated heterocycles. The zero-order valence-corrected chi connectivity index (χ0v) is 13.9. The maximum Gasteiger partial charge on any atom is 0.257 e.